The van der Waals surface area contributed by atoms with Crippen LogP contribution in [0, 0.1) is 19.7 Å². The Morgan fingerprint density at radius 1 is 1.35 bits per heavy atom. The first-order valence-electron chi connectivity index (χ1n) is 8.38. The number of aromatic nitrogens is 1. The second kappa shape index (κ2) is 8.01. The average molecular weight is 379 g/mol. The summed E-state index contributed by atoms with van der Waals surface area (Å²) in [5.41, 5.74) is 1.38. The summed E-state index contributed by atoms with van der Waals surface area (Å²) in [5.74, 6) is -0.616. The zero-order chi connectivity index (χ0) is 18.7. The zero-order valence-electron chi connectivity index (χ0n) is 14.6. The standard InChI is InChI=1S/C19H20ClFN2O3/c1-11-3-6-14(21)17(18(11)20)19(24)23-15-7-8-25-10-16(15)26-13-5-4-12(2)22-9-13/h3-6,9,15-16H,7-8,10H2,1-2H3,(H,23,24)/t15-,16+/m1/s1. The molecule has 2 atom stereocenters. The van der Waals surface area contributed by atoms with E-state index in [0.717, 1.165) is 5.69 Å². The van der Waals surface area contributed by atoms with Gasteiger partial charge in [0.05, 0.1) is 29.4 Å². The van der Waals surface area contributed by atoms with Gasteiger partial charge in [-0.2, -0.15) is 0 Å². The Morgan fingerprint density at radius 2 is 2.15 bits per heavy atom. The molecule has 1 aromatic heterocycles. The van der Waals surface area contributed by atoms with Crippen molar-refractivity contribution in [1.82, 2.24) is 10.3 Å². The summed E-state index contributed by atoms with van der Waals surface area (Å²) in [6.07, 6.45) is 1.78. The number of nitrogens with one attached hydrogen (secondary N) is 1. The third-order valence-electron chi connectivity index (χ3n) is 4.30. The van der Waals surface area contributed by atoms with Crippen LogP contribution < -0.4 is 10.1 Å². The summed E-state index contributed by atoms with van der Waals surface area (Å²) < 4.78 is 25.5. The number of aryl methyl sites for hydroxylation is 2. The second-order valence-corrected chi connectivity index (χ2v) is 6.67. The summed E-state index contributed by atoms with van der Waals surface area (Å²) in [6.45, 7) is 4.42. The highest BCUT2D eigenvalue weighted by Gasteiger charge is 2.30. The highest BCUT2D eigenvalue weighted by Crippen LogP contribution is 2.24. The summed E-state index contributed by atoms with van der Waals surface area (Å²) in [6, 6.07) is 6.11. The van der Waals surface area contributed by atoms with Crippen molar-refractivity contribution in [3.05, 3.63) is 58.1 Å². The van der Waals surface area contributed by atoms with Gasteiger partial charge in [0.2, 0.25) is 0 Å². The summed E-state index contributed by atoms with van der Waals surface area (Å²) in [4.78, 5) is 16.8. The van der Waals surface area contributed by atoms with E-state index < -0.39 is 17.8 Å². The van der Waals surface area contributed by atoms with Gasteiger partial charge in [0.25, 0.3) is 5.91 Å². The number of nitrogens with zero attached hydrogens (tertiary/aromatic N) is 1. The van der Waals surface area contributed by atoms with E-state index in [1.807, 2.05) is 19.1 Å². The molecule has 2 heterocycles. The number of benzene rings is 1. The smallest absolute Gasteiger partial charge is 0.256 e. The number of amides is 1. The molecule has 1 aliphatic rings. The van der Waals surface area contributed by atoms with Crippen LogP contribution in [0.2, 0.25) is 5.02 Å². The van der Waals surface area contributed by atoms with Gasteiger partial charge in [-0.25, -0.2) is 4.39 Å². The molecule has 1 aliphatic heterocycles. The van der Waals surface area contributed by atoms with Gasteiger partial charge in [-0.05, 0) is 44.0 Å². The monoisotopic (exact) mass is 378 g/mol. The molecule has 5 nitrogen and oxygen atoms in total. The highest BCUT2D eigenvalue weighted by molar-refractivity contribution is 6.34. The fraction of sp³-hybridized carbons (Fsp3) is 0.368. The predicted octanol–water partition coefficient (Wildman–Crippen LogP) is 3.46. The summed E-state index contributed by atoms with van der Waals surface area (Å²) in [7, 11) is 0. The van der Waals surface area contributed by atoms with Crippen LogP contribution >= 0.6 is 11.6 Å². The van der Waals surface area contributed by atoms with Crippen molar-refractivity contribution >= 4 is 17.5 Å². The SMILES string of the molecule is Cc1ccc(O[C@H]2COCC[C@H]2NC(=O)c2c(F)ccc(C)c2Cl)cn1. The molecule has 138 valence electrons. The van der Waals surface area contributed by atoms with Crippen LogP contribution in [0.4, 0.5) is 4.39 Å². The molecule has 0 radical (unpaired) electrons. The van der Waals surface area contributed by atoms with Crippen molar-refractivity contribution in [2.45, 2.75) is 32.4 Å². The largest absolute Gasteiger partial charge is 0.484 e. The number of pyridine rings is 1. The summed E-state index contributed by atoms with van der Waals surface area (Å²) in [5, 5.41) is 2.96. The zero-order valence-corrected chi connectivity index (χ0v) is 15.3. The van der Waals surface area contributed by atoms with Gasteiger partial charge < -0.3 is 14.8 Å². The Labute approximate surface area is 156 Å². The molecule has 1 saturated heterocycles. The second-order valence-electron chi connectivity index (χ2n) is 6.29. The molecule has 0 bridgehead atoms. The van der Waals surface area contributed by atoms with Crippen molar-refractivity contribution in [3.63, 3.8) is 0 Å². The lowest BCUT2D eigenvalue weighted by molar-refractivity contribution is -0.0136. The van der Waals surface area contributed by atoms with Gasteiger partial charge in [0.1, 0.15) is 17.7 Å². The Kier molecular flexibility index (Phi) is 5.74. The van der Waals surface area contributed by atoms with Crippen LogP contribution in [0.5, 0.6) is 5.75 Å². The molecule has 26 heavy (non-hydrogen) atoms. The van der Waals surface area contributed by atoms with E-state index >= 15 is 0 Å². The molecule has 1 fully saturated rings. The lowest BCUT2D eigenvalue weighted by atomic mass is 10.0. The number of rotatable bonds is 4. The first-order valence-corrected chi connectivity index (χ1v) is 8.76. The maximum atomic E-state index is 14.1. The number of hydrogen-bond acceptors (Lipinski definition) is 4. The van der Waals surface area contributed by atoms with Crippen molar-refractivity contribution < 1.29 is 18.7 Å². The van der Waals surface area contributed by atoms with E-state index in [1.165, 1.54) is 6.07 Å². The van der Waals surface area contributed by atoms with E-state index in [4.69, 9.17) is 21.1 Å². The maximum absolute atomic E-state index is 14.1. The lowest BCUT2D eigenvalue weighted by Gasteiger charge is -2.32. The Balaban J connectivity index is 1.75. The molecule has 0 unspecified atom stereocenters. The van der Waals surface area contributed by atoms with Crippen molar-refractivity contribution in [2.24, 2.45) is 0 Å². The highest BCUT2D eigenvalue weighted by atomic mass is 35.5. The van der Waals surface area contributed by atoms with Crippen LogP contribution in [-0.2, 0) is 4.74 Å². The molecular weight excluding hydrogens is 359 g/mol. The van der Waals surface area contributed by atoms with Crippen LogP contribution in [0.3, 0.4) is 0 Å². The molecule has 7 heteroatoms. The van der Waals surface area contributed by atoms with E-state index in [2.05, 4.69) is 10.3 Å². The quantitative estimate of drug-likeness (QED) is 0.885. The van der Waals surface area contributed by atoms with E-state index in [-0.39, 0.29) is 16.6 Å². The van der Waals surface area contributed by atoms with Gasteiger partial charge in [0.15, 0.2) is 0 Å². The van der Waals surface area contributed by atoms with Gasteiger partial charge in [-0.1, -0.05) is 17.7 Å². The molecule has 3 rings (SSSR count). The van der Waals surface area contributed by atoms with E-state index in [0.29, 0.717) is 30.9 Å². The minimum absolute atomic E-state index is 0.120. The third-order valence-corrected chi connectivity index (χ3v) is 4.79. The molecule has 0 aliphatic carbocycles. The first-order chi connectivity index (χ1) is 12.5. The molecule has 1 N–H and O–H groups in total. The number of carbonyl (C=O) groups excluding carboxylic acids is 1. The molecule has 1 amide bonds. The molecule has 0 spiro atoms. The van der Waals surface area contributed by atoms with Crippen molar-refractivity contribution in [2.75, 3.05) is 13.2 Å². The fourth-order valence-electron chi connectivity index (χ4n) is 2.80. The van der Waals surface area contributed by atoms with Crippen LogP contribution in [-0.4, -0.2) is 36.3 Å². The van der Waals surface area contributed by atoms with Gasteiger partial charge in [0, 0.05) is 12.3 Å². The minimum atomic E-state index is -0.648. The molecular formula is C19H20ClFN2O3. The topological polar surface area (TPSA) is 60.5 Å². The number of ether oxygens (including phenoxy) is 2. The first kappa shape index (κ1) is 18.6. The number of carbonyl (C=O) groups is 1. The normalized spacial score (nSPS) is 19.8. The van der Waals surface area contributed by atoms with Gasteiger partial charge in [-0.15, -0.1) is 0 Å². The van der Waals surface area contributed by atoms with Crippen LogP contribution in [0.25, 0.3) is 0 Å². The van der Waals surface area contributed by atoms with Gasteiger partial charge in [-0.3, -0.25) is 9.78 Å². The molecule has 1 aromatic carbocycles. The lowest BCUT2D eigenvalue weighted by Crippen LogP contribution is -2.51. The Bertz CT molecular complexity index is 798. The van der Waals surface area contributed by atoms with Crippen LogP contribution in [0.15, 0.2) is 30.5 Å². The number of hydrogen-bond donors (Lipinski definition) is 1. The summed E-state index contributed by atoms with van der Waals surface area (Å²) >= 11 is 6.13. The number of halogens is 2. The van der Waals surface area contributed by atoms with E-state index in [9.17, 15) is 9.18 Å². The Hall–Kier alpha value is -2.18. The third kappa shape index (κ3) is 4.14. The van der Waals surface area contributed by atoms with E-state index in [1.54, 1.807) is 19.2 Å². The van der Waals surface area contributed by atoms with Gasteiger partial charge >= 0.3 is 0 Å². The van der Waals surface area contributed by atoms with Crippen molar-refractivity contribution in [3.8, 4) is 5.75 Å². The molecule has 2 aromatic rings. The average Bonchev–Trinajstić information content (AvgIpc) is 2.62. The maximum Gasteiger partial charge on any atom is 0.256 e. The van der Waals surface area contributed by atoms with Crippen molar-refractivity contribution in [1.29, 1.82) is 0 Å². The minimum Gasteiger partial charge on any atom is -0.484 e. The molecule has 0 saturated carbocycles. The Morgan fingerprint density at radius 3 is 2.88 bits per heavy atom. The fourth-order valence-corrected chi connectivity index (χ4v) is 3.04. The predicted molar refractivity (Wildman–Crippen MR) is 96.2 cm³/mol. The van der Waals surface area contributed by atoms with Crippen LogP contribution in [0.1, 0.15) is 28.0 Å².